The van der Waals surface area contributed by atoms with E-state index in [1.165, 1.54) is 12.5 Å². The van der Waals surface area contributed by atoms with Gasteiger partial charge in [-0.25, -0.2) is 0 Å². The number of fused-ring (bicyclic) bond motifs is 4. The van der Waals surface area contributed by atoms with Crippen molar-refractivity contribution in [2.24, 2.45) is 35.0 Å². The monoisotopic (exact) mass is 552 g/mol. The number of hydrogen-bond donors (Lipinski definition) is 1. The predicted octanol–water partition coefficient (Wildman–Crippen LogP) is 5.40. The Balaban J connectivity index is 1.57. The Hall–Kier alpha value is -1.80. The van der Waals surface area contributed by atoms with Gasteiger partial charge in [0.25, 0.3) is 0 Å². The second-order valence-corrected chi connectivity index (χ2v) is 19.1. The molecule has 0 radical (unpaired) electrons. The van der Waals surface area contributed by atoms with Crippen LogP contribution in [0.5, 0.6) is 0 Å². The molecule has 212 valence electrons. The van der Waals surface area contributed by atoms with Crippen molar-refractivity contribution in [2.75, 3.05) is 6.61 Å². The smallest absolute Gasteiger partial charge is 0.303 e. The molecule has 2 heterocycles. The first-order valence-electron chi connectivity index (χ1n) is 14.6. The normalized spacial score (nSPS) is 46.4. The van der Waals surface area contributed by atoms with Gasteiger partial charge in [0, 0.05) is 36.5 Å². The molecule has 3 saturated carbocycles. The Bertz CT molecular complexity index is 1250. The zero-order valence-corrected chi connectivity index (χ0v) is 25.7. The van der Waals surface area contributed by atoms with Gasteiger partial charge in [0.1, 0.15) is 0 Å². The first-order chi connectivity index (χ1) is 18.1. The van der Waals surface area contributed by atoms with Gasteiger partial charge >= 0.3 is 5.97 Å². The highest BCUT2D eigenvalue weighted by Gasteiger charge is 2.91. The minimum atomic E-state index is -2.11. The van der Waals surface area contributed by atoms with E-state index in [1.807, 2.05) is 13.0 Å². The van der Waals surface area contributed by atoms with Crippen LogP contribution in [0.3, 0.4) is 0 Å². The number of rotatable bonds is 5. The first kappa shape index (κ1) is 27.4. The Kier molecular flexibility index (Phi) is 5.72. The van der Waals surface area contributed by atoms with Crippen LogP contribution in [0, 0.1) is 35.0 Å². The average Bonchev–Trinajstić information content (AvgIpc) is 3.06. The average molecular weight is 553 g/mol. The maximum Gasteiger partial charge on any atom is 0.303 e. The van der Waals surface area contributed by atoms with Crippen molar-refractivity contribution < 1.29 is 28.6 Å². The summed E-state index contributed by atoms with van der Waals surface area (Å²) >= 11 is 0. The molecule has 1 spiro atoms. The Morgan fingerprint density at radius 2 is 1.85 bits per heavy atom. The van der Waals surface area contributed by atoms with Crippen LogP contribution in [0.15, 0.2) is 35.9 Å². The summed E-state index contributed by atoms with van der Waals surface area (Å²) in [4.78, 5) is 26.7. The van der Waals surface area contributed by atoms with Crippen LogP contribution < -0.4 is 0 Å². The summed E-state index contributed by atoms with van der Waals surface area (Å²) in [6.07, 6.45) is 4.36. The number of benzene rings is 1. The third-order valence-electron chi connectivity index (χ3n) is 11.0. The van der Waals surface area contributed by atoms with Crippen LogP contribution in [0.4, 0.5) is 0 Å². The van der Waals surface area contributed by atoms with Crippen molar-refractivity contribution in [3.63, 3.8) is 0 Å². The van der Waals surface area contributed by atoms with Crippen molar-refractivity contribution in [1.82, 2.24) is 0 Å². The minimum Gasteiger partial charge on any atom is -0.450 e. The molecule has 2 saturated heterocycles. The number of aliphatic hydroxyl groups is 1. The zero-order valence-electron chi connectivity index (χ0n) is 24.7. The van der Waals surface area contributed by atoms with Crippen LogP contribution in [-0.2, 0) is 23.5 Å². The van der Waals surface area contributed by atoms with Gasteiger partial charge in [-0.05, 0) is 55.5 Å². The lowest BCUT2D eigenvalue weighted by molar-refractivity contribution is -0.260. The molecule has 5 fully saturated rings. The van der Waals surface area contributed by atoms with E-state index in [-0.39, 0.29) is 36.1 Å². The summed E-state index contributed by atoms with van der Waals surface area (Å²) in [5, 5.41) is 11.0. The molecule has 6 rings (SSSR count). The molecule has 2 aliphatic heterocycles. The second kappa shape index (κ2) is 8.15. The van der Waals surface area contributed by atoms with Gasteiger partial charge in [-0.2, -0.15) is 0 Å². The summed E-state index contributed by atoms with van der Waals surface area (Å²) < 4.78 is 20.5. The molecular weight excluding hydrogens is 508 g/mol. The van der Waals surface area contributed by atoms with Crippen molar-refractivity contribution >= 4 is 26.1 Å². The molecule has 39 heavy (non-hydrogen) atoms. The van der Waals surface area contributed by atoms with Gasteiger partial charge in [-0.15, -0.1) is 0 Å². The summed E-state index contributed by atoms with van der Waals surface area (Å²) in [5.41, 5.74) is -1.47. The summed E-state index contributed by atoms with van der Waals surface area (Å²) in [6.45, 7) is 16.3. The van der Waals surface area contributed by atoms with E-state index < -0.39 is 48.0 Å². The van der Waals surface area contributed by atoms with Crippen molar-refractivity contribution in [3.8, 4) is 0 Å². The third kappa shape index (κ3) is 3.36. The number of Topliss-reactive ketones (excluding diaryl/α,β-unsaturated/α-hetero) is 1. The molecule has 5 aliphatic rings. The van der Waals surface area contributed by atoms with Crippen LogP contribution in [0.2, 0.25) is 19.6 Å². The zero-order chi connectivity index (χ0) is 28.4. The Morgan fingerprint density at radius 3 is 2.44 bits per heavy atom. The fraction of sp³-hybridized carbons (Fsp3) is 0.688. The van der Waals surface area contributed by atoms with Crippen molar-refractivity contribution in [2.45, 2.75) is 95.9 Å². The van der Waals surface area contributed by atoms with Crippen molar-refractivity contribution in [3.05, 3.63) is 41.5 Å². The molecular formula is C32H44O6Si. The van der Waals surface area contributed by atoms with Gasteiger partial charge in [0.2, 0.25) is 0 Å². The standard InChI is InChI=1S/C32H44O6Si/c1-19-14-25-30(38-39(6,7)8,23(19)15-22-12-10-9-11-13-22)17-29(18-33)16-24-26-28(4,5)32(26,36-21(3)34)27(35)20(2)31(24,25)37-29/h9-13,15,19-20,24-26,33H,14,16-18H2,1-8H3/b23-15+/t19-,20+,24-,25+,26+,29-,30-,31+,32+/m0/s1. The van der Waals surface area contributed by atoms with E-state index in [0.717, 1.165) is 12.0 Å². The van der Waals surface area contributed by atoms with E-state index in [4.69, 9.17) is 13.9 Å². The third-order valence-corrected chi connectivity index (χ3v) is 12.0. The maximum absolute atomic E-state index is 14.4. The lowest BCUT2D eigenvalue weighted by Crippen LogP contribution is -2.68. The van der Waals surface area contributed by atoms with Crippen molar-refractivity contribution in [1.29, 1.82) is 0 Å². The number of ketones is 1. The van der Waals surface area contributed by atoms with Gasteiger partial charge in [0.05, 0.1) is 23.4 Å². The van der Waals surface area contributed by atoms with Crippen LogP contribution in [-0.4, -0.2) is 54.2 Å². The molecule has 3 aliphatic carbocycles. The van der Waals surface area contributed by atoms with E-state index in [0.29, 0.717) is 12.8 Å². The van der Waals surface area contributed by atoms with Gasteiger partial charge in [-0.3, -0.25) is 9.59 Å². The molecule has 7 heteroatoms. The largest absolute Gasteiger partial charge is 0.450 e. The molecule has 0 unspecified atom stereocenters. The van der Waals surface area contributed by atoms with Gasteiger partial charge in [-0.1, -0.05) is 64.1 Å². The van der Waals surface area contributed by atoms with Crippen LogP contribution in [0.25, 0.3) is 6.08 Å². The van der Waals surface area contributed by atoms with E-state index >= 15 is 0 Å². The number of aliphatic hydroxyl groups excluding tert-OH is 1. The number of carbonyl (C=O) groups excluding carboxylic acids is 2. The quantitative estimate of drug-likeness (QED) is 0.389. The molecule has 1 N–H and O–H groups in total. The molecule has 1 aromatic rings. The second-order valence-electron chi connectivity index (χ2n) is 14.7. The van der Waals surface area contributed by atoms with E-state index in [1.54, 1.807) is 0 Å². The van der Waals surface area contributed by atoms with Gasteiger partial charge in [0.15, 0.2) is 19.7 Å². The lowest BCUT2D eigenvalue weighted by atomic mass is 9.59. The fourth-order valence-electron chi connectivity index (χ4n) is 10.00. The summed E-state index contributed by atoms with van der Waals surface area (Å²) in [6, 6.07) is 10.4. The molecule has 9 atom stereocenters. The topological polar surface area (TPSA) is 82.1 Å². The molecule has 1 aromatic carbocycles. The fourth-order valence-corrected chi connectivity index (χ4v) is 11.4. The number of esters is 1. The summed E-state index contributed by atoms with van der Waals surface area (Å²) in [7, 11) is -2.11. The number of carbonyl (C=O) groups is 2. The van der Waals surface area contributed by atoms with Crippen LogP contribution >= 0.6 is 0 Å². The molecule has 0 aromatic heterocycles. The Labute approximate surface area is 233 Å². The van der Waals surface area contributed by atoms with E-state index in [9.17, 15) is 14.7 Å². The predicted molar refractivity (Wildman–Crippen MR) is 151 cm³/mol. The minimum absolute atomic E-state index is 0.0212. The molecule has 6 nitrogen and oxygen atoms in total. The lowest BCUT2D eigenvalue weighted by Gasteiger charge is -2.58. The Morgan fingerprint density at radius 1 is 1.18 bits per heavy atom. The number of ether oxygens (including phenoxy) is 2. The molecule has 2 bridgehead atoms. The first-order valence-corrected chi connectivity index (χ1v) is 18.0. The van der Waals surface area contributed by atoms with Crippen LogP contribution in [0.1, 0.15) is 59.4 Å². The maximum atomic E-state index is 14.4. The highest BCUT2D eigenvalue weighted by Crippen LogP contribution is 2.80. The van der Waals surface area contributed by atoms with E-state index in [2.05, 4.69) is 70.8 Å². The van der Waals surface area contributed by atoms with Gasteiger partial charge < -0.3 is 19.0 Å². The highest BCUT2D eigenvalue weighted by molar-refractivity contribution is 6.69. The summed E-state index contributed by atoms with van der Waals surface area (Å²) in [5.74, 6) is -0.923. The number of hydrogen-bond acceptors (Lipinski definition) is 6. The molecule has 0 amide bonds. The SMILES string of the molecule is CC(=O)O[C@@]12C(=O)[C@@H](C)[C@@]34O[C@@](CO)(C[C@H]3[C@@H]1C2(C)C)C[C@]1(O[Si](C)(C)C)/C(=C/c2ccccc2)[C@@H](C)C[C@@H]41. The highest BCUT2D eigenvalue weighted by atomic mass is 28.4.